The van der Waals surface area contributed by atoms with Gasteiger partial charge in [-0.2, -0.15) is 0 Å². The molecule has 1 aromatic carbocycles. The molecule has 0 spiro atoms. The van der Waals surface area contributed by atoms with Crippen LogP contribution in [0.25, 0.3) is 11.5 Å². The third-order valence-electron chi connectivity index (χ3n) is 2.69. The van der Waals surface area contributed by atoms with Crippen LogP contribution in [0, 0.1) is 3.57 Å². The molecule has 0 saturated heterocycles. The molecule has 0 atom stereocenters. The lowest BCUT2D eigenvalue weighted by Crippen LogP contribution is -2.16. The maximum absolute atomic E-state index is 11.3. The number of nitrogens with zero attached hydrogens (tertiary/aromatic N) is 1. The fraction of sp³-hybridized carbons (Fsp3) is 0.286. The standard InChI is InChI=1S/C14H13BrINO3/c1-14(2,3)11-10(13(18)19)20-12(17-11)8-6-7(16)4-5-9(8)15/h4-6H,1-3H3,(H,18,19). The minimum atomic E-state index is -1.10. The van der Waals surface area contributed by atoms with Crippen molar-refractivity contribution in [2.45, 2.75) is 26.2 Å². The minimum Gasteiger partial charge on any atom is -0.475 e. The highest BCUT2D eigenvalue weighted by atomic mass is 127. The number of carboxylic acid groups (broad SMARTS) is 1. The number of oxazole rings is 1. The Morgan fingerprint density at radius 1 is 1.40 bits per heavy atom. The summed E-state index contributed by atoms with van der Waals surface area (Å²) < 4.78 is 7.32. The molecule has 4 nitrogen and oxygen atoms in total. The van der Waals surface area contributed by atoms with E-state index >= 15 is 0 Å². The van der Waals surface area contributed by atoms with Gasteiger partial charge in [0, 0.05) is 13.5 Å². The van der Waals surface area contributed by atoms with Crippen molar-refractivity contribution in [3.05, 3.63) is 37.7 Å². The summed E-state index contributed by atoms with van der Waals surface area (Å²) in [5, 5.41) is 9.27. The second kappa shape index (κ2) is 5.48. The van der Waals surface area contributed by atoms with Crippen LogP contribution in [0.5, 0.6) is 0 Å². The number of benzene rings is 1. The van der Waals surface area contributed by atoms with Gasteiger partial charge in [-0.25, -0.2) is 9.78 Å². The molecule has 0 unspecified atom stereocenters. The smallest absolute Gasteiger partial charge is 0.373 e. The SMILES string of the molecule is CC(C)(C)c1nc(-c2cc(I)ccc2Br)oc1C(=O)O. The van der Waals surface area contributed by atoms with Crippen LogP contribution in [0.1, 0.15) is 37.0 Å². The van der Waals surface area contributed by atoms with E-state index in [0.717, 1.165) is 13.6 Å². The molecule has 0 radical (unpaired) electrons. The van der Waals surface area contributed by atoms with Gasteiger partial charge in [0.2, 0.25) is 11.7 Å². The van der Waals surface area contributed by atoms with Gasteiger partial charge in [0.1, 0.15) is 5.69 Å². The van der Waals surface area contributed by atoms with Crippen molar-refractivity contribution in [1.82, 2.24) is 4.98 Å². The van der Waals surface area contributed by atoms with Gasteiger partial charge < -0.3 is 9.52 Å². The highest BCUT2D eigenvalue weighted by Gasteiger charge is 2.29. The number of carbonyl (C=O) groups is 1. The fourth-order valence-corrected chi connectivity index (χ4v) is 2.66. The first-order valence-corrected chi connectivity index (χ1v) is 7.77. The Hall–Kier alpha value is -0.890. The van der Waals surface area contributed by atoms with Crippen LogP contribution in [0.15, 0.2) is 27.1 Å². The number of aromatic carboxylic acids is 1. The van der Waals surface area contributed by atoms with E-state index in [2.05, 4.69) is 43.5 Å². The summed E-state index contributed by atoms with van der Waals surface area (Å²) in [6.07, 6.45) is 0. The van der Waals surface area contributed by atoms with Gasteiger partial charge in [0.25, 0.3) is 0 Å². The Morgan fingerprint density at radius 3 is 2.55 bits per heavy atom. The third-order valence-corrected chi connectivity index (χ3v) is 4.05. The lowest BCUT2D eigenvalue weighted by molar-refractivity contribution is 0.0659. The van der Waals surface area contributed by atoms with Crippen LogP contribution in [0.2, 0.25) is 0 Å². The molecule has 0 amide bonds. The van der Waals surface area contributed by atoms with Crippen LogP contribution < -0.4 is 0 Å². The fourth-order valence-electron chi connectivity index (χ4n) is 1.75. The molecule has 0 aliphatic rings. The molecular formula is C14H13BrINO3. The third kappa shape index (κ3) is 3.06. The Morgan fingerprint density at radius 2 is 2.05 bits per heavy atom. The van der Waals surface area contributed by atoms with Crippen molar-refractivity contribution < 1.29 is 14.3 Å². The van der Waals surface area contributed by atoms with Gasteiger partial charge in [-0.3, -0.25) is 0 Å². The summed E-state index contributed by atoms with van der Waals surface area (Å²) in [4.78, 5) is 15.7. The maximum atomic E-state index is 11.3. The first-order valence-electron chi connectivity index (χ1n) is 5.90. The molecule has 106 valence electrons. The topological polar surface area (TPSA) is 63.3 Å². The molecule has 1 aromatic heterocycles. The maximum Gasteiger partial charge on any atom is 0.373 e. The number of carboxylic acids is 1. The first-order chi connectivity index (χ1) is 9.20. The second-order valence-electron chi connectivity index (χ2n) is 5.38. The molecule has 2 aromatic rings. The monoisotopic (exact) mass is 449 g/mol. The molecule has 0 fully saturated rings. The van der Waals surface area contributed by atoms with Crippen LogP contribution in [0.3, 0.4) is 0 Å². The summed E-state index contributed by atoms with van der Waals surface area (Å²) >= 11 is 5.63. The quantitative estimate of drug-likeness (QED) is 0.674. The Bertz CT molecular complexity index is 674. The van der Waals surface area contributed by atoms with Gasteiger partial charge in [-0.05, 0) is 56.7 Å². The molecule has 0 aliphatic heterocycles. The predicted octanol–water partition coefficient (Wildman–Crippen LogP) is 4.70. The molecule has 0 aliphatic carbocycles. The van der Waals surface area contributed by atoms with E-state index in [9.17, 15) is 9.90 Å². The zero-order chi connectivity index (χ0) is 15.1. The summed E-state index contributed by atoms with van der Waals surface area (Å²) in [7, 11) is 0. The van der Waals surface area contributed by atoms with E-state index in [0.29, 0.717) is 11.6 Å². The predicted molar refractivity (Wildman–Crippen MR) is 88.0 cm³/mol. The Kier molecular flexibility index (Phi) is 4.24. The molecule has 2 rings (SSSR count). The van der Waals surface area contributed by atoms with Gasteiger partial charge in [0.15, 0.2) is 0 Å². The summed E-state index contributed by atoms with van der Waals surface area (Å²) in [6, 6.07) is 5.73. The zero-order valence-electron chi connectivity index (χ0n) is 11.2. The second-order valence-corrected chi connectivity index (χ2v) is 7.48. The van der Waals surface area contributed by atoms with E-state index in [4.69, 9.17) is 4.42 Å². The van der Waals surface area contributed by atoms with Gasteiger partial charge >= 0.3 is 5.97 Å². The average molecular weight is 450 g/mol. The zero-order valence-corrected chi connectivity index (χ0v) is 14.9. The highest BCUT2D eigenvalue weighted by molar-refractivity contribution is 14.1. The lowest BCUT2D eigenvalue weighted by atomic mass is 9.91. The van der Waals surface area contributed by atoms with Crippen LogP contribution >= 0.6 is 38.5 Å². The molecule has 20 heavy (non-hydrogen) atoms. The summed E-state index contributed by atoms with van der Waals surface area (Å²) in [6.45, 7) is 5.72. The van der Waals surface area contributed by atoms with Crippen molar-refractivity contribution in [2.24, 2.45) is 0 Å². The first kappa shape index (κ1) is 15.5. The molecular weight excluding hydrogens is 437 g/mol. The summed E-state index contributed by atoms with van der Waals surface area (Å²) in [5.41, 5.74) is 0.796. The van der Waals surface area contributed by atoms with Crippen LogP contribution in [-0.4, -0.2) is 16.1 Å². The number of aromatic nitrogens is 1. The number of halogens is 2. The van der Waals surface area contributed by atoms with E-state index in [-0.39, 0.29) is 5.76 Å². The minimum absolute atomic E-state index is 0.0988. The van der Waals surface area contributed by atoms with E-state index in [1.54, 1.807) is 0 Å². The van der Waals surface area contributed by atoms with Crippen LogP contribution in [-0.2, 0) is 5.41 Å². The largest absolute Gasteiger partial charge is 0.475 e. The van der Waals surface area contributed by atoms with Crippen molar-refractivity contribution >= 4 is 44.5 Å². The van der Waals surface area contributed by atoms with Crippen molar-refractivity contribution in [3.63, 3.8) is 0 Å². The number of hydrogen-bond donors (Lipinski definition) is 1. The lowest BCUT2D eigenvalue weighted by Gasteiger charge is -2.14. The molecule has 1 heterocycles. The highest BCUT2D eigenvalue weighted by Crippen LogP contribution is 2.34. The Labute approximate surface area is 138 Å². The van der Waals surface area contributed by atoms with E-state index in [1.807, 2.05) is 39.0 Å². The van der Waals surface area contributed by atoms with E-state index in [1.165, 1.54) is 0 Å². The van der Waals surface area contributed by atoms with Gasteiger partial charge in [0.05, 0.1) is 5.56 Å². The molecule has 0 saturated carbocycles. The number of rotatable bonds is 2. The average Bonchev–Trinajstić information content (AvgIpc) is 2.77. The molecule has 0 bridgehead atoms. The van der Waals surface area contributed by atoms with Crippen molar-refractivity contribution in [2.75, 3.05) is 0 Å². The summed E-state index contributed by atoms with van der Waals surface area (Å²) in [5.74, 6) is -0.883. The van der Waals surface area contributed by atoms with Gasteiger partial charge in [-0.15, -0.1) is 0 Å². The van der Waals surface area contributed by atoms with E-state index < -0.39 is 11.4 Å². The normalized spacial score (nSPS) is 11.7. The van der Waals surface area contributed by atoms with Crippen molar-refractivity contribution in [3.8, 4) is 11.5 Å². The molecule has 1 N–H and O–H groups in total. The molecule has 6 heteroatoms. The van der Waals surface area contributed by atoms with Gasteiger partial charge in [-0.1, -0.05) is 20.8 Å². The number of hydrogen-bond acceptors (Lipinski definition) is 3. The van der Waals surface area contributed by atoms with Crippen LogP contribution in [0.4, 0.5) is 0 Å². The van der Waals surface area contributed by atoms with Crippen molar-refractivity contribution in [1.29, 1.82) is 0 Å². The Balaban J connectivity index is 2.65.